The molecule has 0 aromatic carbocycles. The van der Waals surface area contributed by atoms with Gasteiger partial charge in [-0.1, -0.05) is 0 Å². The van der Waals surface area contributed by atoms with Crippen LogP contribution in [0.25, 0.3) is 0 Å². The van der Waals surface area contributed by atoms with Gasteiger partial charge in [-0.05, 0) is 19.8 Å². The van der Waals surface area contributed by atoms with Crippen molar-refractivity contribution in [2.24, 2.45) is 5.73 Å². The first-order valence-electron chi connectivity index (χ1n) is 4.71. The number of nitrogens with zero attached hydrogens (tertiary/aromatic N) is 1. The molecule has 1 aliphatic rings. The maximum atomic E-state index is 11.6. The molecule has 14 heavy (non-hydrogen) atoms. The predicted octanol–water partition coefficient (Wildman–Crippen LogP) is -0.502. The third-order valence-corrected chi connectivity index (χ3v) is 2.40. The Morgan fingerprint density at radius 2 is 2.21 bits per heavy atom. The predicted molar refractivity (Wildman–Crippen MR) is 50.4 cm³/mol. The number of ether oxygens (including phenoxy) is 1. The summed E-state index contributed by atoms with van der Waals surface area (Å²) in [5, 5.41) is 0. The Balaban J connectivity index is 2.68. The SMILES string of the molecule is COC(=O)[C@@H]1CCCN1C(=O)[C@H](C)N. The first-order valence-corrected chi connectivity index (χ1v) is 4.71. The maximum Gasteiger partial charge on any atom is 0.328 e. The lowest BCUT2D eigenvalue weighted by Gasteiger charge is -2.24. The molecule has 0 bridgehead atoms. The highest BCUT2D eigenvalue weighted by atomic mass is 16.5. The van der Waals surface area contributed by atoms with Crippen LogP contribution in [0.3, 0.4) is 0 Å². The molecule has 2 N–H and O–H groups in total. The van der Waals surface area contributed by atoms with Crippen LogP contribution >= 0.6 is 0 Å². The lowest BCUT2D eigenvalue weighted by atomic mass is 10.2. The van der Waals surface area contributed by atoms with Gasteiger partial charge >= 0.3 is 5.97 Å². The number of likely N-dealkylation sites (tertiary alicyclic amines) is 1. The second kappa shape index (κ2) is 4.41. The zero-order chi connectivity index (χ0) is 10.7. The van der Waals surface area contributed by atoms with Crippen molar-refractivity contribution in [2.75, 3.05) is 13.7 Å². The Kier molecular flexibility index (Phi) is 3.46. The molecule has 0 aliphatic carbocycles. The van der Waals surface area contributed by atoms with Gasteiger partial charge in [0.05, 0.1) is 13.2 Å². The van der Waals surface area contributed by atoms with Gasteiger partial charge in [-0.25, -0.2) is 4.79 Å². The number of esters is 1. The van der Waals surface area contributed by atoms with Crippen LogP contribution in [0, 0.1) is 0 Å². The largest absolute Gasteiger partial charge is 0.467 e. The van der Waals surface area contributed by atoms with E-state index in [1.54, 1.807) is 6.92 Å². The van der Waals surface area contributed by atoms with Crippen LogP contribution in [0.2, 0.25) is 0 Å². The lowest BCUT2D eigenvalue weighted by Crippen LogP contribution is -2.47. The van der Waals surface area contributed by atoms with Gasteiger partial charge in [0.15, 0.2) is 0 Å². The molecule has 1 rings (SSSR count). The molecule has 1 amide bonds. The molecule has 2 atom stereocenters. The summed E-state index contributed by atoms with van der Waals surface area (Å²) in [5.41, 5.74) is 5.48. The normalized spacial score (nSPS) is 23.4. The molecule has 0 spiro atoms. The minimum Gasteiger partial charge on any atom is -0.467 e. The number of methoxy groups -OCH3 is 1. The molecule has 5 nitrogen and oxygen atoms in total. The fraction of sp³-hybridized carbons (Fsp3) is 0.778. The Bertz CT molecular complexity index is 240. The van der Waals surface area contributed by atoms with Crippen molar-refractivity contribution in [2.45, 2.75) is 31.8 Å². The summed E-state index contributed by atoms with van der Waals surface area (Å²) in [6.07, 6.45) is 1.50. The molecular weight excluding hydrogens is 184 g/mol. The average molecular weight is 200 g/mol. The summed E-state index contributed by atoms with van der Waals surface area (Å²) < 4.78 is 4.62. The van der Waals surface area contributed by atoms with Crippen molar-refractivity contribution < 1.29 is 14.3 Å². The number of rotatable bonds is 2. The summed E-state index contributed by atoms with van der Waals surface area (Å²) >= 11 is 0. The van der Waals surface area contributed by atoms with Crippen molar-refractivity contribution in [3.63, 3.8) is 0 Å². The van der Waals surface area contributed by atoms with Crippen LogP contribution in [0.15, 0.2) is 0 Å². The third-order valence-electron chi connectivity index (χ3n) is 2.40. The molecule has 1 aliphatic heterocycles. The number of amides is 1. The third kappa shape index (κ3) is 2.04. The number of hydrogen-bond acceptors (Lipinski definition) is 4. The van der Waals surface area contributed by atoms with E-state index in [1.807, 2.05) is 0 Å². The van der Waals surface area contributed by atoms with Gasteiger partial charge in [0, 0.05) is 6.54 Å². The summed E-state index contributed by atoms with van der Waals surface area (Å²) in [6, 6.07) is -0.987. The van der Waals surface area contributed by atoms with Gasteiger partial charge in [-0.3, -0.25) is 4.79 Å². The Morgan fingerprint density at radius 3 is 2.71 bits per heavy atom. The minimum atomic E-state index is -0.555. The highest BCUT2D eigenvalue weighted by molar-refractivity contribution is 5.87. The Labute approximate surface area is 83.2 Å². The van der Waals surface area contributed by atoms with E-state index in [1.165, 1.54) is 12.0 Å². The zero-order valence-electron chi connectivity index (χ0n) is 8.53. The second-order valence-corrected chi connectivity index (χ2v) is 3.50. The van der Waals surface area contributed by atoms with Gasteiger partial charge in [0.25, 0.3) is 0 Å². The molecule has 0 unspecified atom stereocenters. The molecule has 0 saturated carbocycles. The average Bonchev–Trinajstić information content (AvgIpc) is 2.63. The fourth-order valence-electron chi connectivity index (χ4n) is 1.67. The second-order valence-electron chi connectivity index (χ2n) is 3.50. The lowest BCUT2D eigenvalue weighted by molar-refractivity contribution is -0.151. The topological polar surface area (TPSA) is 72.6 Å². The van der Waals surface area contributed by atoms with Crippen LogP contribution < -0.4 is 5.73 Å². The summed E-state index contributed by atoms with van der Waals surface area (Å²) in [5.74, 6) is -0.533. The molecule has 1 fully saturated rings. The number of carbonyl (C=O) groups excluding carboxylic acids is 2. The highest BCUT2D eigenvalue weighted by Gasteiger charge is 2.35. The molecule has 0 aromatic rings. The van der Waals surface area contributed by atoms with E-state index < -0.39 is 12.1 Å². The van der Waals surface area contributed by atoms with Crippen LogP contribution in [-0.2, 0) is 14.3 Å². The summed E-state index contributed by atoms with van der Waals surface area (Å²) in [6.45, 7) is 2.22. The highest BCUT2D eigenvalue weighted by Crippen LogP contribution is 2.18. The maximum absolute atomic E-state index is 11.6. The summed E-state index contributed by atoms with van der Waals surface area (Å²) in [4.78, 5) is 24.4. The first-order chi connectivity index (χ1) is 6.57. The molecular formula is C9H16N2O3. The van der Waals surface area contributed by atoms with Crippen LogP contribution in [-0.4, -0.2) is 42.5 Å². The molecule has 0 radical (unpaired) electrons. The van der Waals surface area contributed by atoms with Gasteiger partial charge < -0.3 is 15.4 Å². The van der Waals surface area contributed by atoms with Crippen molar-refractivity contribution in [3.8, 4) is 0 Å². The van der Waals surface area contributed by atoms with E-state index in [9.17, 15) is 9.59 Å². The number of hydrogen-bond donors (Lipinski definition) is 1. The molecule has 0 aromatic heterocycles. The Hall–Kier alpha value is -1.10. The molecule has 1 heterocycles. The van der Waals surface area contributed by atoms with Crippen molar-refractivity contribution in [1.82, 2.24) is 4.90 Å². The molecule has 1 saturated heterocycles. The minimum absolute atomic E-state index is 0.182. The van der Waals surface area contributed by atoms with Crippen molar-refractivity contribution >= 4 is 11.9 Å². The van der Waals surface area contributed by atoms with Crippen molar-refractivity contribution in [3.05, 3.63) is 0 Å². The smallest absolute Gasteiger partial charge is 0.328 e. The zero-order valence-corrected chi connectivity index (χ0v) is 8.53. The Morgan fingerprint density at radius 1 is 1.57 bits per heavy atom. The van der Waals surface area contributed by atoms with Crippen LogP contribution in [0.5, 0.6) is 0 Å². The van der Waals surface area contributed by atoms with Crippen LogP contribution in [0.4, 0.5) is 0 Å². The standard InChI is InChI=1S/C9H16N2O3/c1-6(10)8(12)11-5-3-4-7(11)9(13)14-2/h6-7H,3-5,10H2,1-2H3/t6-,7-/m0/s1. The first kappa shape index (κ1) is 11.0. The fourth-order valence-corrected chi connectivity index (χ4v) is 1.67. The monoisotopic (exact) mass is 200 g/mol. The van der Waals surface area contributed by atoms with E-state index in [0.29, 0.717) is 13.0 Å². The van der Waals surface area contributed by atoms with E-state index in [-0.39, 0.29) is 11.9 Å². The van der Waals surface area contributed by atoms with Crippen molar-refractivity contribution in [1.29, 1.82) is 0 Å². The van der Waals surface area contributed by atoms with Gasteiger partial charge in [0.1, 0.15) is 6.04 Å². The van der Waals surface area contributed by atoms with Gasteiger partial charge in [0.2, 0.25) is 5.91 Å². The van der Waals surface area contributed by atoms with Gasteiger partial charge in [-0.15, -0.1) is 0 Å². The van der Waals surface area contributed by atoms with E-state index in [0.717, 1.165) is 6.42 Å². The van der Waals surface area contributed by atoms with Crippen LogP contribution in [0.1, 0.15) is 19.8 Å². The number of carbonyl (C=O) groups is 2. The molecule has 5 heteroatoms. The van der Waals surface area contributed by atoms with Gasteiger partial charge in [-0.2, -0.15) is 0 Å². The quantitative estimate of drug-likeness (QED) is 0.610. The summed E-state index contributed by atoms with van der Waals surface area (Å²) in [7, 11) is 1.33. The molecule has 80 valence electrons. The number of nitrogens with two attached hydrogens (primary N) is 1. The van der Waals surface area contributed by atoms with E-state index >= 15 is 0 Å². The van der Waals surface area contributed by atoms with E-state index in [2.05, 4.69) is 4.74 Å². The van der Waals surface area contributed by atoms with E-state index in [4.69, 9.17) is 5.73 Å².